The second-order valence-electron chi connectivity index (χ2n) is 8.75. The number of aryl methyl sites for hydroxylation is 1. The van der Waals surface area contributed by atoms with Gasteiger partial charge in [-0.3, -0.25) is 4.79 Å². The number of rotatable bonds is 4. The first-order valence-electron chi connectivity index (χ1n) is 11.4. The quantitative estimate of drug-likeness (QED) is 0.250. The van der Waals surface area contributed by atoms with Crippen LogP contribution >= 0.6 is 15.9 Å². The molecule has 0 radical (unpaired) electrons. The number of aromatic nitrogens is 1. The molecule has 0 bridgehead atoms. The minimum atomic E-state index is -0.173. The summed E-state index contributed by atoms with van der Waals surface area (Å²) in [5.41, 5.74) is 7.59. The lowest BCUT2D eigenvalue weighted by atomic mass is 9.93. The van der Waals surface area contributed by atoms with Gasteiger partial charge < -0.3 is 9.47 Å². The van der Waals surface area contributed by atoms with Crippen molar-refractivity contribution in [2.24, 2.45) is 7.05 Å². The molecule has 6 rings (SSSR count). The van der Waals surface area contributed by atoms with Crippen LogP contribution < -0.4 is 0 Å². The van der Waals surface area contributed by atoms with Gasteiger partial charge in [0, 0.05) is 40.1 Å². The molecule has 0 fully saturated rings. The largest absolute Gasteiger partial charge is 0.343 e. The van der Waals surface area contributed by atoms with Crippen molar-refractivity contribution in [2.75, 3.05) is 0 Å². The Hall–Kier alpha value is -3.63. The minimum absolute atomic E-state index is 0.0825. The van der Waals surface area contributed by atoms with E-state index in [1.165, 1.54) is 10.9 Å². The van der Waals surface area contributed by atoms with Crippen molar-refractivity contribution < 1.29 is 4.79 Å². The van der Waals surface area contributed by atoms with Crippen LogP contribution in [0, 0.1) is 0 Å². The molecule has 0 saturated carbocycles. The molecule has 4 heteroatoms. The van der Waals surface area contributed by atoms with Crippen molar-refractivity contribution in [3.63, 3.8) is 0 Å². The number of nitrogens with zero attached hydrogens (tertiary/aromatic N) is 2. The molecule has 2 heterocycles. The van der Waals surface area contributed by atoms with Crippen molar-refractivity contribution in [1.82, 2.24) is 9.47 Å². The van der Waals surface area contributed by atoms with Crippen LogP contribution in [0.2, 0.25) is 0 Å². The summed E-state index contributed by atoms with van der Waals surface area (Å²) in [7, 11) is 2.12. The molecule has 0 N–H and O–H groups in total. The average molecular weight is 507 g/mol. The fraction of sp³-hybridized carbons (Fsp3) is 0.100. The van der Waals surface area contributed by atoms with Crippen LogP contribution in [0.1, 0.15) is 33.1 Å². The van der Waals surface area contributed by atoms with Gasteiger partial charge in [-0.25, -0.2) is 0 Å². The Balaban J connectivity index is 1.63. The van der Waals surface area contributed by atoms with Gasteiger partial charge in [0.2, 0.25) is 0 Å². The van der Waals surface area contributed by atoms with Crippen LogP contribution in [0.5, 0.6) is 0 Å². The van der Waals surface area contributed by atoms with Crippen LogP contribution in [0.25, 0.3) is 22.2 Å². The fourth-order valence-corrected chi connectivity index (χ4v) is 5.55. The molecule has 34 heavy (non-hydrogen) atoms. The molecule has 4 aromatic carbocycles. The number of hydrogen-bond acceptors (Lipinski definition) is 1. The number of carbonyl (C=O) groups excluding carboxylic acids is 1. The Morgan fingerprint density at radius 3 is 2.26 bits per heavy atom. The zero-order valence-corrected chi connectivity index (χ0v) is 20.4. The smallest absolute Gasteiger partial charge is 0.255 e. The van der Waals surface area contributed by atoms with Gasteiger partial charge in [-0.15, -0.1) is 0 Å². The van der Waals surface area contributed by atoms with Gasteiger partial charge in [-0.05, 0) is 41.0 Å². The Kier molecular flexibility index (Phi) is 5.11. The SMILES string of the molecule is Cn1c(-c2ccc(Br)cc2)c([C@H]2c3ccccc3C(=O)N2Cc2ccccc2)c2ccccc21. The highest BCUT2D eigenvalue weighted by Gasteiger charge is 2.40. The van der Waals surface area contributed by atoms with Crippen LogP contribution in [0.4, 0.5) is 0 Å². The lowest BCUT2D eigenvalue weighted by Crippen LogP contribution is -2.28. The first kappa shape index (κ1) is 20.9. The number of fused-ring (bicyclic) bond motifs is 2. The summed E-state index contributed by atoms with van der Waals surface area (Å²) in [6.45, 7) is 0.558. The van der Waals surface area contributed by atoms with Crippen LogP contribution in [-0.2, 0) is 13.6 Å². The van der Waals surface area contributed by atoms with Gasteiger partial charge in [-0.2, -0.15) is 0 Å². The van der Waals surface area contributed by atoms with E-state index in [1.807, 2.05) is 41.3 Å². The Morgan fingerprint density at radius 2 is 1.47 bits per heavy atom. The lowest BCUT2D eigenvalue weighted by Gasteiger charge is -2.27. The number of para-hydroxylation sites is 1. The van der Waals surface area contributed by atoms with Crippen molar-refractivity contribution >= 4 is 32.7 Å². The first-order chi connectivity index (χ1) is 16.6. The molecule has 0 unspecified atom stereocenters. The Labute approximate surface area is 207 Å². The molecular weight excluding hydrogens is 484 g/mol. The number of carbonyl (C=O) groups is 1. The van der Waals surface area contributed by atoms with E-state index in [9.17, 15) is 4.79 Å². The maximum atomic E-state index is 13.7. The van der Waals surface area contributed by atoms with Crippen LogP contribution in [0.15, 0.2) is 108 Å². The van der Waals surface area contributed by atoms with E-state index in [0.29, 0.717) is 6.54 Å². The summed E-state index contributed by atoms with van der Waals surface area (Å²) >= 11 is 3.57. The van der Waals surface area contributed by atoms with Crippen LogP contribution in [0.3, 0.4) is 0 Å². The molecule has 166 valence electrons. The van der Waals surface area contributed by atoms with Gasteiger partial charge in [0.25, 0.3) is 5.91 Å². The summed E-state index contributed by atoms with van der Waals surface area (Å²) in [5, 5.41) is 1.18. The fourth-order valence-electron chi connectivity index (χ4n) is 5.28. The number of amides is 1. The summed E-state index contributed by atoms with van der Waals surface area (Å²) < 4.78 is 3.31. The highest BCUT2D eigenvalue weighted by atomic mass is 79.9. The lowest BCUT2D eigenvalue weighted by molar-refractivity contribution is 0.0737. The molecule has 0 spiro atoms. The number of benzene rings is 4. The normalized spacial score (nSPS) is 15.2. The average Bonchev–Trinajstić information content (AvgIpc) is 3.31. The van der Waals surface area contributed by atoms with E-state index < -0.39 is 0 Å². The third-order valence-corrected chi connectivity index (χ3v) is 7.32. The van der Waals surface area contributed by atoms with Crippen molar-refractivity contribution in [2.45, 2.75) is 12.6 Å². The second-order valence-corrected chi connectivity index (χ2v) is 9.67. The van der Waals surface area contributed by atoms with Crippen molar-refractivity contribution in [1.29, 1.82) is 0 Å². The Bertz CT molecular complexity index is 1520. The third-order valence-electron chi connectivity index (χ3n) is 6.79. The molecule has 1 atom stereocenters. The van der Waals surface area contributed by atoms with E-state index in [-0.39, 0.29) is 11.9 Å². The van der Waals surface area contributed by atoms with Gasteiger partial charge in [0.15, 0.2) is 0 Å². The summed E-state index contributed by atoms with van der Waals surface area (Å²) in [4.78, 5) is 15.8. The van der Waals surface area contributed by atoms with Gasteiger partial charge in [-0.1, -0.05) is 94.8 Å². The molecule has 1 aliphatic rings. The maximum absolute atomic E-state index is 13.7. The highest BCUT2D eigenvalue weighted by Crippen LogP contribution is 2.47. The molecule has 1 aromatic heterocycles. The second kappa shape index (κ2) is 8.30. The minimum Gasteiger partial charge on any atom is -0.343 e. The highest BCUT2D eigenvalue weighted by molar-refractivity contribution is 9.10. The maximum Gasteiger partial charge on any atom is 0.255 e. The van der Waals surface area contributed by atoms with Gasteiger partial charge in [0.1, 0.15) is 0 Å². The van der Waals surface area contributed by atoms with E-state index in [0.717, 1.165) is 37.9 Å². The van der Waals surface area contributed by atoms with E-state index in [1.54, 1.807) is 0 Å². The zero-order valence-electron chi connectivity index (χ0n) is 18.8. The van der Waals surface area contributed by atoms with Crippen molar-refractivity contribution in [3.05, 3.63) is 130 Å². The predicted molar refractivity (Wildman–Crippen MR) is 141 cm³/mol. The van der Waals surface area contributed by atoms with Crippen molar-refractivity contribution in [3.8, 4) is 11.3 Å². The van der Waals surface area contributed by atoms with E-state index in [4.69, 9.17) is 0 Å². The zero-order chi connectivity index (χ0) is 23.2. The molecule has 0 saturated heterocycles. The number of hydrogen-bond donors (Lipinski definition) is 0. The van der Waals surface area contributed by atoms with Gasteiger partial charge >= 0.3 is 0 Å². The summed E-state index contributed by atoms with van der Waals surface area (Å²) in [6.07, 6.45) is 0. The monoisotopic (exact) mass is 506 g/mol. The molecule has 1 aliphatic heterocycles. The predicted octanol–water partition coefficient (Wildman–Crippen LogP) is 7.35. The molecule has 3 nitrogen and oxygen atoms in total. The third kappa shape index (κ3) is 3.29. The van der Waals surface area contributed by atoms with Gasteiger partial charge in [0.05, 0.1) is 11.7 Å². The Morgan fingerprint density at radius 1 is 0.794 bits per heavy atom. The van der Waals surface area contributed by atoms with E-state index in [2.05, 4.69) is 94.3 Å². The molecule has 1 amide bonds. The molecular formula is C30H23BrN2O. The van der Waals surface area contributed by atoms with Crippen LogP contribution in [-0.4, -0.2) is 15.4 Å². The standard InChI is InChI=1S/C30H23BrN2O/c1-32-26-14-8-7-13-25(26)27(28(32)21-15-17-22(31)18-16-21)29-23-11-5-6-12-24(23)30(34)33(29)19-20-9-3-2-4-10-20/h2-18,29H,19H2,1H3/t29-/m1/s1. The topological polar surface area (TPSA) is 25.2 Å². The summed E-state index contributed by atoms with van der Waals surface area (Å²) in [6, 6.07) is 35.1. The van der Waals surface area contributed by atoms with E-state index >= 15 is 0 Å². The summed E-state index contributed by atoms with van der Waals surface area (Å²) in [5.74, 6) is 0.0825. The molecule has 5 aromatic rings. The first-order valence-corrected chi connectivity index (χ1v) is 12.2. The number of halogens is 1. The molecule has 0 aliphatic carbocycles.